The summed E-state index contributed by atoms with van der Waals surface area (Å²) in [5, 5.41) is 10.7. The molecule has 6 heterocycles. The number of benzene rings is 3. The molecule has 2 amide bonds. The lowest BCUT2D eigenvalue weighted by atomic mass is 9.90. The maximum atomic E-state index is 13.3. The van der Waals surface area contributed by atoms with Crippen LogP contribution in [-0.2, 0) is 16.1 Å². The monoisotopic (exact) mass is 778 g/mol. The number of nitrogens with one attached hydrogen (secondary N) is 3. The van der Waals surface area contributed by atoms with Crippen LogP contribution >= 0.6 is 0 Å². The highest BCUT2D eigenvalue weighted by Crippen LogP contribution is 2.36. The first-order chi connectivity index (χ1) is 28.3. The van der Waals surface area contributed by atoms with E-state index in [-0.39, 0.29) is 17.7 Å². The summed E-state index contributed by atoms with van der Waals surface area (Å²) in [5.74, 6) is 1.33. The van der Waals surface area contributed by atoms with Crippen LogP contribution < -0.4 is 25.6 Å². The predicted molar refractivity (Wildman–Crippen MR) is 227 cm³/mol. The molecule has 13 heteroatoms. The van der Waals surface area contributed by atoms with Crippen molar-refractivity contribution in [2.45, 2.75) is 32.2 Å². The summed E-state index contributed by atoms with van der Waals surface area (Å²) in [6.45, 7) is 15.3. The molecule has 1 atom stereocenters. The number of nitrogens with zero attached hydrogens (tertiary/aromatic N) is 7. The normalized spacial score (nSPS) is 18.9. The number of piperazine rings is 2. The van der Waals surface area contributed by atoms with Crippen LogP contribution in [0, 0.1) is 6.92 Å². The Kier molecular flexibility index (Phi) is 10.6. The Balaban J connectivity index is 0.724. The minimum absolute atomic E-state index is 0.0387. The minimum Gasteiger partial charge on any atom is -0.474 e. The van der Waals surface area contributed by atoms with Crippen LogP contribution in [0.2, 0.25) is 0 Å². The highest BCUT2D eigenvalue weighted by Gasteiger charge is 2.27. The van der Waals surface area contributed by atoms with Gasteiger partial charge < -0.3 is 30.5 Å². The molecule has 13 nitrogen and oxygen atoms in total. The number of fused-ring (bicyclic) bond motifs is 2. The fourth-order valence-corrected chi connectivity index (χ4v) is 8.46. The third-order valence-electron chi connectivity index (χ3n) is 11.9. The number of pyridine rings is 1. The van der Waals surface area contributed by atoms with Gasteiger partial charge in [0.05, 0.1) is 18.0 Å². The Morgan fingerprint density at radius 1 is 0.914 bits per heavy atom. The fraction of sp³-hybridized carbons (Fsp3) is 0.356. The third kappa shape index (κ3) is 8.18. The number of carbonyl (C=O) groups is 2. The third-order valence-corrected chi connectivity index (χ3v) is 11.9. The summed E-state index contributed by atoms with van der Waals surface area (Å²) in [4.78, 5) is 48.8. The van der Waals surface area contributed by atoms with Crippen molar-refractivity contribution in [2.24, 2.45) is 0 Å². The highest BCUT2D eigenvalue weighted by atomic mass is 16.5. The smallest absolute Gasteiger partial charge is 0.237 e. The van der Waals surface area contributed by atoms with Crippen LogP contribution in [0.15, 0.2) is 91.4 Å². The van der Waals surface area contributed by atoms with Gasteiger partial charge in [-0.2, -0.15) is 0 Å². The first-order valence-corrected chi connectivity index (χ1v) is 20.4. The van der Waals surface area contributed by atoms with Crippen molar-refractivity contribution in [2.75, 3.05) is 87.6 Å². The summed E-state index contributed by atoms with van der Waals surface area (Å²) in [6.07, 6.45) is 5.34. The van der Waals surface area contributed by atoms with E-state index in [2.05, 4.69) is 115 Å². The van der Waals surface area contributed by atoms with E-state index in [1.807, 2.05) is 23.4 Å². The zero-order valence-electron chi connectivity index (χ0n) is 33.0. The van der Waals surface area contributed by atoms with E-state index in [0.717, 1.165) is 134 Å². The minimum atomic E-state index is -0.114. The van der Waals surface area contributed by atoms with Gasteiger partial charge in [0.25, 0.3) is 0 Å². The Bertz CT molecular complexity index is 2320. The molecule has 58 heavy (non-hydrogen) atoms. The Morgan fingerprint density at radius 3 is 2.47 bits per heavy atom. The van der Waals surface area contributed by atoms with Crippen molar-refractivity contribution < 1.29 is 14.3 Å². The summed E-state index contributed by atoms with van der Waals surface area (Å²) >= 11 is 0. The van der Waals surface area contributed by atoms with Gasteiger partial charge in [0.2, 0.25) is 23.6 Å². The van der Waals surface area contributed by atoms with Gasteiger partial charge in [-0.3, -0.25) is 19.4 Å². The summed E-state index contributed by atoms with van der Waals surface area (Å²) in [6, 6.07) is 23.0. The molecule has 2 aromatic heterocycles. The van der Waals surface area contributed by atoms with Gasteiger partial charge in [-0.25, -0.2) is 15.0 Å². The second kappa shape index (κ2) is 16.4. The molecule has 3 saturated heterocycles. The van der Waals surface area contributed by atoms with E-state index >= 15 is 0 Å². The quantitative estimate of drug-likeness (QED) is 0.175. The predicted octanol–water partition coefficient (Wildman–Crippen LogP) is 5.52. The average Bonchev–Trinajstić information content (AvgIpc) is 3.25. The number of hydrogen-bond donors (Lipinski definition) is 3. The lowest BCUT2D eigenvalue weighted by molar-refractivity contribution is -0.134. The second-order valence-electron chi connectivity index (χ2n) is 15.7. The SMILES string of the molecule is C=C1CCC(c2ccc(N3CCN(CC(=O)N4CCN(Cc5ccc(Nc6ncc7ccc(-c8cnc9c(c8C)NCCO9)cc7n6)cc5)CC4)CC3)cc2)C(=O)N1. The van der Waals surface area contributed by atoms with Crippen LogP contribution in [0.1, 0.15) is 35.4 Å². The Hall–Kier alpha value is -6.05. The fourth-order valence-electron chi connectivity index (χ4n) is 8.46. The summed E-state index contributed by atoms with van der Waals surface area (Å²) < 4.78 is 5.72. The Morgan fingerprint density at radius 2 is 1.69 bits per heavy atom. The van der Waals surface area contributed by atoms with Crippen molar-refractivity contribution in [3.05, 3.63) is 108 Å². The van der Waals surface area contributed by atoms with Gasteiger partial charge in [0.15, 0.2) is 0 Å². The zero-order valence-corrected chi connectivity index (χ0v) is 33.0. The topological polar surface area (TPSA) is 131 Å². The van der Waals surface area contributed by atoms with Crippen LogP contribution in [0.25, 0.3) is 22.0 Å². The number of amides is 2. The van der Waals surface area contributed by atoms with Gasteiger partial charge in [-0.15, -0.1) is 0 Å². The van der Waals surface area contributed by atoms with E-state index in [9.17, 15) is 9.59 Å². The molecule has 3 fully saturated rings. The maximum Gasteiger partial charge on any atom is 0.237 e. The van der Waals surface area contributed by atoms with Crippen molar-refractivity contribution in [3.63, 3.8) is 0 Å². The Labute approximate surface area is 339 Å². The molecule has 0 saturated carbocycles. The molecule has 5 aromatic rings. The molecule has 0 bridgehead atoms. The average molecular weight is 779 g/mol. The van der Waals surface area contributed by atoms with E-state index in [4.69, 9.17) is 9.72 Å². The van der Waals surface area contributed by atoms with Crippen molar-refractivity contribution in [1.29, 1.82) is 0 Å². The number of ether oxygens (including phenoxy) is 1. The second-order valence-corrected chi connectivity index (χ2v) is 15.7. The van der Waals surface area contributed by atoms with Crippen molar-refractivity contribution >= 4 is 45.7 Å². The number of carbonyl (C=O) groups excluding carboxylic acids is 2. The molecule has 0 radical (unpaired) electrons. The van der Waals surface area contributed by atoms with Crippen LogP contribution in [0.3, 0.4) is 0 Å². The standard InChI is InChI=1S/C45H50N10O3/c1-30-3-14-38(43(57)49-30)33-8-12-37(13-9-33)54-20-16-53(17-21-54)29-41(56)55-22-18-52(19-23-55)28-32-4-10-36(11-5-32)50-45-48-26-35-7-6-34(25-40(35)51-45)39-27-47-44-42(31(39)2)46-15-24-58-44/h4-13,25-27,38,46H,1,3,14-24,28-29H2,2H3,(H,49,57)(H,48,50,51). The molecule has 3 aromatic carbocycles. The molecule has 298 valence electrons. The summed E-state index contributed by atoms with van der Waals surface area (Å²) in [5.41, 5.74) is 10.2. The van der Waals surface area contributed by atoms with Crippen LogP contribution in [-0.4, -0.2) is 114 Å². The van der Waals surface area contributed by atoms with Gasteiger partial charge in [0.1, 0.15) is 12.3 Å². The van der Waals surface area contributed by atoms with Gasteiger partial charge in [0, 0.05) is 106 Å². The molecule has 0 spiro atoms. The van der Waals surface area contributed by atoms with Gasteiger partial charge in [-0.1, -0.05) is 43.0 Å². The number of piperidine rings is 1. The van der Waals surface area contributed by atoms with Gasteiger partial charge >= 0.3 is 0 Å². The first kappa shape index (κ1) is 37.5. The summed E-state index contributed by atoms with van der Waals surface area (Å²) in [7, 11) is 0. The molecule has 1 unspecified atom stereocenters. The van der Waals surface area contributed by atoms with Gasteiger partial charge in [-0.05, 0) is 72.4 Å². The molecule has 3 N–H and O–H groups in total. The van der Waals surface area contributed by atoms with E-state index in [1.54, 1.807) is 0 Å². The first-order valence-electron chi connectivity index (χ1n) is 20.4. The molecular formula is C45H50N10O3. The largest absolute Gasteiger partial charge is 0.474 e. The van der Waals surface area contributed by atoms with Crippen molar-refractivity contribution in [1.82, 2.24) is 35.0 Å². The lowest BCUT2D eigenvalue weighted by Crippen LogP contribution is -2.53. The molecule has 0 aliphatic carbocycles. The lowest BCUT2D eigenvalue weighted by Gasteiger charge is -2.38. The molecular weight excluding hydrogens is 729 g/mol. The molecule has 9 rings (SSSR count). The number of aromatic nitrogens is 3. The number of anilines is 4. The van der Waals surface area contributed by atoms with Crippen LogP contribution in [0.5, 0.6) is 5.88 Å². The van der Waals surface area contributed by atoms with E-state index in [1.165, 1.54) is 5.56 Å². The van der Waals surface area contributed by atoms with E-state index in [0.29, 0.717) is 25.0 Å². The van der Waals surface area contributed by atoms with E-state index < -0.39 is 0 Å². The van der Waals surface area contributed by atoms with Crippen LogP contribution in [0.4, 0.5) is 23.0 Å². The highest BCUT2D eigenvalue weighted by molar-refractivity contribution is 5.87. The number of hydrogen-bond acceptors (Lipinski definition) is 11. The number of allylic oxidation sites excluding steroid dienone is 1. The molecule has 4 aliphatic rings. The maximum absolute atomic E-state index is 13.3. The van der Waals surface area contributed by atoms with Crippen molar-refractivity contribution in [3.8, 4) is 17.0 Å². The number of rotatable bonds is 9. The molecule has 4 aliphatic heterocycles. The zero-order chi connectivity index (χ0) is 39.6.